The Morgan fingerprint density at radius 3 is 1.94 bits per heavy atom. The lowest BCUT2D eigenvalue weighted by Crippen LogP contribution is -2.50. The van der Waals surface area contributed by atoms with Gasteiger partial charge in [0.05, 0.1) is 6.20 Å². The summed E-state index contributed by atoms with van der Waals surface area (Å²) in [6, 6.07) is 20.2. The largest absolute Gasteiger partial charge is 0.490 e. The maximum atomic E-state index is 11.9. The number of amides is 1. The summed E-state index contributed by atoms with van der Waals surface area (Å²) in [5.74, 6) is 2.30. The van der Waals surface area contributed by atoms with Gasteiger partial charge in [-0.15, -0.1) is 0 Å². The average molecular weight is 553 g/mol. The maximum Gasteiger partial charge on any atom is 0.407 e. The number of hydrogen-bond acceptors (Lipinski definition) is 5. The predicted octanol–water partition coefficient (Wildman–Crippen LogP) is 7.40. The zero-order valence-corrected chi connectivity index (χ0v) is 23.0. The lowest BCUT2D eigenvalue weighted by molar-refractivity contribution is 0.0363. The van der Waals surface area contributed by atoms with Crippen molar-refractivity contribution in [3.05, 3.63) is 82.6 Å². The number of hydrogen-bond donors (Lipinski definition) is 1. The quantitative estimate of drug-likeness (QED) is 0.309. The molecule has 1 aliphatic carbocycles. The Hall–Kier alpha value is -3.06. The molecule has 190 valence electrons. The monoisotopic (exact) mass is 552 g/mol. The third kappa shape index (κ3) is 6.78. The minimum atomic E-state index is -0.493. The molecule has 4 rings (SSSR count). The normalized spacial score (nSPS) is 17.6. The number of pyridine rings is 1. The van der Waals surface area contributed by atoms with Crippen LogP contribution in [0.3, 0.4) is 0 Å². The van der Waals surface area contributed by atoms with E-state index >= 15 is 0 Å². The highest BCUT2D eigenvalue weighted by molar-refractivity contribution is 9.10. The second-order valence-electron chi connectivity index (χ2n) is 10.6. The summed E-state index contributed by atoms with van der Waals surface area (Å²) in [5.41, 5.74) is 1.70. The van der Waals surface area contributed by atoms with Crippen LogP contribution in [-0.2, 0) is 10.2 Å². The van der Waals surface area contributed by atoms with Gasteiger partial charge >= 0.3 is 6.09 Å². The fourth-order valence-corrected chi connectivity index (χ4v) is 4.30. The summed E-state index contributed by atoms with van der Waals surface area (Å²) in [7, 11) is 0. The summed E-state index contributed by atoms with van der Waals surface area (Å²) in [6.07, 6.45) is 2.96. The van der Waals surface area contributed by atoms with Crippen molar-refractivity contribution < 1.29 is 19.0 Å². The van der Waals surface area contributed by atoms with E-state index in [-0.39, 0.29) is 23.7 Å². The lowest BCUT2D eigenvalue weighted by atomic mass is 9.78. The van der Waals surface area contributed by atoms with E-state index < -0.39 is 5.60 Å². The van der Waals surface area contributed by atoms with Gasteiger partial charge in [-0.05, 0) is 84.2 Å². The Morgan fingerprint density at radius 1 is 0.861 bits per heavy atom. The highest BCUT2D eigenvalue weighted by Crippen LogP contribution is 2.35. The number of ether oxygens (including phenoxy) is 3. The minimum absolute atomic E-state index is 0.0926. The number of benzene rings is 2. The zero-order valence-electron chi connectivity index (χ0n) is 21.4. The second-order valence-corrected chi connectivity index (χ2v) is 11.5. The first-order valence-corrected chi connectivity index (χ1v) is 12.9. The van der Waals surface area contributed by atoms with E-state index in [4.69, 9.17) is 14.2 Å². The van der Waals surface area contributed by atoms with Crippen molar-refractivity contribution in [1.29, 1.82) is 0 Å². The molecule has 0 spiro atoms. The summed E-state index contributed by atoms with van der Waals surface area (Å²) in [4.78, 5) is 16.1. The predicted molar refractivity (Wildman–Crippen MR) is 144 cm³/mol. The SMILES string of the molecule is CC(C)(C)OC(=O)NC1CC(Oc2ccc(C(C)(C)c3ccc(Oc4ccc(Br)nc4)cc3)cc2)C1. The highest BCUT2D eigenvalue weighted by Gasteiger charge is 2.33. The molecule has 0 saturated heterocycles. The lowest BCUT2D eigenvalue weighted by Gasteiger charge is -2.36. The second kappa shape index (κ2) is 10.5. The Morgan fingerprint density at radius 2 is 1.42 bits per heavy atom. The van der Waals surface area contributed by atoms with Gasteiger partial charge in [0, 0.05) is 24.3 Å². The fourth-order valence-electron chi connectivity index (χ4n) is 4.06. The molecule has 0 unspecified atom stereocenters. The molecule has 7 heteroatoms. The van der Waals surface area contributed by atoms with Crippen LogP contribution in [0.5, 0.6) is 17.2 Å². The molecule has 1 N–H and O–H groups in total. The summed E-state index contributed by atoms with van der Waals surface area (Å²) in [5, 5.41) is 2.90. The number of aromatic nitrogens is 1. The summed E-state index contributed by atoms with van der Waals surface area (Å²) in [6.45, 7) is 9.98. The van der Waals surface area contributed by atoms with Crippen LogP contribution < -0.4 is 14.8 Å². The number of carbonyl (C=O) groups excluding carboxylic acids is 1. The molecule has 6 nitrogen and oxygen atoms in total. The number of halogens is 1. The molecule has 0 aliphatic heterocycles. The van der Waals surface area contributed by atoms with Crippen LogP contribution in [0, 0.1) is 0 Å². The molecule has 1 aliphatic rings. The topological polar surface area (TPSA) is 69.7 Å². The molecular formula is C29H33BrN2O4. The van der Waals surface area contributed by atoms with Gasteiger partial charge in [-0.3, -0.25) is 0 Å². The van der Waals surface area contributed by atoms with Crippen LogP contribution in [0.2, 0.25) is 0 Å². The van der Waals surface area contributed by atoms with Gasteiger partial charge < -0.3 is 19.5 Å². The van der Waals surface area contributed by atoms with Crippen molar-refractivity contribution in [3.8, 4) is 17.2 Å². The van der Waals surface area contributed by atoms with Crippen molar-refractivity contribution in [2.45, 2.75) is 70.6 Å². The first-order chi connectivity index (χ1) is 17.0. The molecule has 0 radical (unpaired) electrons. The van der Waals surface area contributed by atoms with E-state index in [1.807, 2.05) is 57.2 Å². The zero-order chi connectivity index (χ0) is 25.9. The molecule has 1 aromatic heterocycles. The third-order valence-electron chi connectivity index (χ3n) is 6.21. The maximum absolute atomic E-state index is 11.9. The molecule has 1 heterocycles. The standard InChI is InChI=1S/C29H33BrN2O4/c1-28(2,3)36-27(33)32-21-16-25(17-21)35-23-12-8-20(9-13-23)29(4,5)19-6-10-22(11-7-19)34-24-14-15-26(30)31-18-24/h6-15,18,21,25H,16-17H2,1-5H3,(H,32,33). The number of carbonyl (C=O) groups is 1. The number of rotatable bonds is 7. The smallest absolute Gasteiger partial charge is 0.407 e. The van der Waals surface area contributed by atoms with Crippen molar-refractivity contribution in [2.75, 3.05) is 0 Å². The molecule has 1 amide bonds. The van der Waals surface area contributed by atoms with Crippen LogP contribution in [0.15, 0.2) is 71.5 Å². The van der Waals surface area contributed by atoms with Gasteiger partial charge in [0.15, 0.2) is 0 Å². The van der Waals surface area contributed by atoms with Crippen LogP contribution >= 0.6 is 15.9 Å². The van der Waals surface area contributed by atoms with E-state index in [2.05, 4.69) is 64.3 Å². The van der Waals surface area contributed by atoms with Gasteiger partial charge in [-0.2, -0.15) is 0 Å². The van der Waals surface area contributed by atoms with Crippen molar-refractivity contribution in [2.24, 2.45) is 0 Å². The van der Waals surface area contributed by atoms with Crippen molar-refractivity contribution in [1.82, 2.24) is 10.3 Å². The van der Waals surface area contributed by atoms with E-state index in [9.17, 15) is 4.79 Å². The van der Waals surface area contributed by atoms with Crippen LogP contribution in [0.1, 0.15) is 58.6 Å². The van der Waals surface area contributed by atoms with E-state index in [0.29, 0.717) is 5.75 Å². The summed E-state index contributed by atoms with van der Waals surface area (Å²) < 4.78 is 18.1. The van der Waals surface area contributed by atoms with Gasteiger partial charge in [-0.1, -0.05) is 38.1 Å². The Balaban J connectivity index is 1.30. The van der Waals surface area contributed by atoms with Crippen LogP contribution in [0.25, 0.3) is 0 Å². The molecule has 1 fully saturated rings. The molecule has 36 heavy (non-hydrogen) atoms. The van der Waals surface area contributed by atoms with Crippen molar-refractivity contribution >= 4 is 22.0 Å². The molecule has 2 aromatic carbocycles. The highest BCUT2D eigenvalue weighted by atomic mass is 79.9. The van der Waals surface area contributed by atoms with Gasteiger partial charge in [0.1, 0.15) is 33.6 Å². The molecule has 1 saturated carbocycles. The molecule has 0 bridgehead atoms. The average Bonchev–Trinajstić information content (AvgIpc) is 2.79. The summed E-state index contributed by atoms with van der Waals surface area (Å²) >= 11 is 3.33. The van der Waals surface area contributed by atoms with Crippen LogP contribution in [-0.4, -0.2) is 28.8 Å². The number of nitrogens with one attached hydrogen (secondary N) is 1. The first kappa shape index (κ1) is 26.0. The Labute approximate surface area is 221 Å². The van der Waals surface area contributed by atoms with Gasteiger partial charge in [-0.25, -0.2) is 9.78 Å². The van der Waals surface area contributed by atoms with Crippen LogP contribution in [0.4, 0.5) is 4.79 Å². The van der Waals surface area contributed by atoms with Gasteiger partial charge in [0.25, 0.3) is 0 Å². The van der Waals surface area contributed by atoms with Crippen molar-refractivity contribution in [3.63, 3.8) is 0 Å². The Kier molecular flexibility index (Phi) is 7.59. The molecular weight excluding hydrogens is 520 g/mol. The van der Waals surface area contributed by atoms with Gasteiger partial charge in [0.2, 0.25) is 0 Å². The first-order valence-electron chi connectivity index (χ1n) is 12.1. The van der Waals surface area contributed by atoms with E-state index in [1.165, 1.54) is 11.1 Å². The number of alkyl carbamates (subject to hydrolysis) is 1. The van der Waals surface area contributed by atoms with E-state index in [0.717, 1.165) is 28.9 Å². The van der Waals surface area contributed by atoms with E-state index in [1.54, 1.807) is 6.20 Å². The third-order valence-corrected chi connectivity index (χ3v) is 6.68. The molecule has 0 atom stereocenters. The Bertz CT molecular complexity index is 1160. The minimum Gasteiger partial charge on any atom is -0.490 e. The number of nitrogens with zero attached hydrogens (tertiary/aromatic N) is 1. The molecule has 3 aromatic rings. The fraction of sp³-hybridized carbons (Fsp3) is 0.379.